The molecular weight excluding hydrogens is 217 g/mol. The summed E-state index contributed by atoms with van der Waals surface area (Å²) in [5.74, 6) is 0.0729. The highest BCUT2D eigenvalue weighted by Crippen LogP contribution is 2.28. The minimum absolute atomic E-state index is 0.0729. The molecule has 5 heteroatoms. The van der Waals surface area contributed by atoms with Gasteiger partial charge in [0.2, 0.25) is 0 Å². The lowest BCUT2D eigenvalue weighted by Crippen LogP contribution is -2.24. The van der Waals surface area contributed by atoms with Crippen LogP contribution in [-0.4, -0.2) is 23.0 Å². The van der Waals surface area contributed by atoms with Crippen molar-refractivity contribution in [3.63, 3.8) is 0 Å². The molecule has 0 aliphatic carbocycles. The minimum atomic E-state index is -4.09. The lowest BCUT2D eigenvalue weighted by molar-refractivity contribution is -0.122. The van der Waals surface area contributed by atoms with E-state index in [4.69, 9.17) is 0 Å². The van der Waals surface area contributed by atoms with Gasteiger partial charge in [-0.15, -0.1) is 0 Å². The Bertz CT molecular complexity index is 82.4. The fourth-order valence-electron chi connectivity index (χ4n) is 0.241. The van der Waals surface area contributed by atoms with E-state index in [1.54, 1.807) is 6.26 Å². The summed E-state index contributed by atoms with van der Waals surface area (Å²) in [5.41, 5.74) is 0. The molecule has 0 saturated heterocycles. The largest absolute Gasteiger partial charge is 0.402 e. The number of thioether (sulfide) groups is 1. The minimum Gasteiger partial charge on any atom is -0.170 e. The predicted octanol–water partition coefficient (Wildman–Crippen LogP) is 2.68. The van der Waals surface area contributed by atoms with Crippen molar-refractivity contribution in [1.29, 1.82) is 0 Å². The Morgan fingerprint density at radius 3 is 2.11 bits per heavy atom. The van der Waals surface area contributed by atoms with Crippen LogP contribution in [0.5, 0.6) is 0 Å². The molecule has 0 fully saturated rings. The van der Waals surface area contributed by atoms with Gasteiger partial charge in [0.05, 0.1) is 0 Å². The van der Waals surface area contributed by atoms with Gasteiger partial charge in [-0.3, -0.25) is 0 Å². The smallest absolute Gasteiger partial charge is 0.170 e. The number of halogens is 4. The Morgan fingerprint density at radius 2 is 2.00 bits per heavy atom. The summed E-state index contributed by atoms with van der Waals surface area (Å²) >= 11 is 3.68. The Kier molecular flexibility index (Phi) is 3.96. The zero-order chi connectivity index (χ0) is 7.49. The van der Waals surface area contributed by atoms with Crippen LogP contribution in [-0.2, 0) is 0 Å². The van der Waals surface area contributed by atoms with Gasteiger partial charge in [-0.2, -0.15) is 24.9 Å². The number of alkyl halides is 4. The van der Waals surface area contributed by atoms with Crippen LogP contribution in [0.15, 0.2) is 0 Å². The molecule has 1 unspecified atom stereocenters. The van der Waals surface area contributed by atoms with Gasteiger partial charge in [-0.05, 0) is 6.26 Å². The van der Waals surface area contributed by atoms with Gasteiger partial charge in [0.1, 0.15) is 4.83 Å². The molecule has 0 aliphatic rings. The highest BCUT2D eigenvalue weighted by atomic mass is 79.9. The Hall–Kier alpha value is 0.620. The summed E-state index contributed by atoms with van der Waals surface area (Å²) in [6.45, 7) is 0. The number of hydrogen-bond donors (Lipinski definition) is 0. The first kappa shape index (κ1) is 9.62. The molecule has 0 aromatic carbocycles. The summed E-state index contributed by atoms with van der Waals surface area (Å²) in [5, 5.41) is 0. The molecule has 0 rings (SSSR count). The van der Waals surface area contributed by atoms with Crippen LogP contribution in [0.3, 0.4) is 0 Å². The average Bonchev–Trinajstić information content (AvgIpc) is 1.64. The first-order valence-corrected chi connectivity index (χ1v) is 4.49. The molecule has 0 spiro atoms. The van der Waals surface area contributed by atoms with Crippen molar-refractivity contribution in [3.05, 3.63) is 0 Å². The van der Waals surface area contributed by atoms with Crippen LogP contribution < -0.4 is 0 Å². The normalized spacial score (nSPS) is 15.7. The van der Waals surface area contributed by atoms with Crippen molar-refractivity contribution >= 4 is 27.7 Å². The van der Waals surface area contributed by atoms with Gasteiger partial charge in [0.15, 0.2) is 0 Å². The molecule has 1 atom stereocenters. The maximum absolute atomic E-state index is 11.6. The Balaban J connectivity index is 3.59. The Morgan fingerprint density at radius 1 is 1.56 bits per heavy atom. The predicted molar refractivity (Wildman–Crippen MR) is 37.2 cm³/mol. The molecule has 0 aromatic rings. The molecule has 0 aliphatic heterocycles. The number of hydrogen-bond acceptors (Lipinski definition) is 1. The third-order valence-electron chi connectivity index (χ3n) is 0.668. The SMILES string of the molecule is CSCC(Br)C(F)(F)F. The van der Waals surface area contributed by atoms with Crippen LogP contribution in [0.4, 0.5) is 13.2 Å². The van der Waals surface area contributed by atoms with E-state index in [1.165, 1.54) is 11.8 Å². The fraction of sp³-hybridized carbons (Fsp3) is 1.00. The third-order valence-corrected chi connectivity index (χ3v) is 2.61. The average molecular weight is 223 g/mol. The highest BCUT2D eigenvalue weighted by Gasteiger charge is 2.36. The van der Waals surface area contributed by atoms with Gasteiger partial charge in [0, 0.05) is 5.75 Å². The van der Waals surface area contributed by atoms with Gasteiger partial charge in [0.25, 0.3) is 0 Å². The van der Waals surface area contributed by atoms with Gasteiger partial charge >= 0.3 is 6.18 Å². The maximum atomic E-state index is 11.6. The topological polar surface area (TPSA) is 0 Å². The second kappa shape index (κ2) is 3.71. The molecular formula is C4H6BrF3S. The zero-order valence-electron chi connectivity index (χ0n) is 4.70. The van der Waals surface area contributed by atoms with Crippen molar-refractivity contribution in [2.45, 2.75) is 11.0 Å². The molecule has 0 heterocycles. The van der Waals surface area contributed by atoms with Crippen molar-refractivity contribution in [2.24, 2.45) is 0 Å². The van der Waals surface area contributed by atoms with Crippen molar-refractivity contribution in [3.8, 4) is 0 Å². The standard InChI is InChI=1S/C4H6BrF3S/c1-9-2-3(5)4(6,7)8/h3H,2H2,1H3. The lowest BCUT2D eigenvalue weighted by Gasteiger charge is -2.11. The molecule has 56 valence electrons. The first-order valence-electron chi connectivity index (χ1n) is 2.18. The molecule has 0 nitrogen and oxygen atoms in total. The highest BCUT2D eigenvalue weighted by molar-refractivity contribution is 9.09. The van der Waals surface area contributed by atoms with E-state index in [-0.39, 0.29) is 5.75 Å². The van der Waals surface area contributed by atoms with Crippen LogP contribution in [0.25, 0.3) is 0 Å². The van der Waals surface area contributed by atoms with Crippen molar-refractivity contribution in [1.82, 2.24) is 0 Å². The van der Waals surface area contributed by atoms with E-state index in [0.717, 1.165) is 0 Å². The van der Waals surface area contributed by atoms with Crippen molar-refractivity contribution < 1.29 is 13.2 Å². The van der Waals surface area contributed by atoms with E-state index in [0.29, 0.717) is 0 Å². The lowest BCUT2D eigenvalue weighted by atomic mass is 10.5. The van der Waals surface area contributed by atoms with Crippen LogP contribution in [0.2, 0.25) is 0 Å². The van der Waals surface area contributed by atoms with E-state index < -0.39 is 11.0 Å². The second-order valence-corrected chi connectivity index (χ2v) is 3.48. The molecule has 0 amide bonds. The summed E-state index contributed by atoms with van der Waals surface area (Å²) in [6.07, 6.45) is -2.46. The van der Waals surface area contributed by atoms with Crippen LogP contribution >= 0.6 is 27.7 Å². The van der Waals surface area contributed by atoms with E-state index in [2.05, 4.69) is 15.9 Å². The molecule has 9 heavy (non-hydrogen) atoms. The van der Waals surface area contributed by atoms with E-state index in [1.807, 2.05) is 0 Å². The van der Waals surface area contributed by atoms with Crippen LogP contribution in [0.1, 0.15) is 0 Å². The summed E-state index contributed by atoms with van der Waals surface area (Å²) in [4.78, 5) is -1.36. The summed E-state index contributed by atoms with van der Waals surface area (Å²) < 4.78 is 34.7. The molecule has 0 N–H and O–H groups in total. The summed E-state index contributed by atoms with van der Waals surface area (Å²) in [7, 11) is 0. The fourth-order valence-corrected chi connectivity index (χ4v) is 1.52. The van der Waals surface area contributed by atoms with Gasteiger partial charge < -0.3 is 0 Å². The summed E-state index contributed by atoms with van der Waals surface area (Å²) in [6, 6.07) is 0. The number of rotatable bonds is 2. The van der Waals surface area contributed by atoms with E-state index >= 15 is 0 Å². The van der Waals surface area contributed by atoms with E-state index in [9.17, 15) is 13.2 Å². The van der Waals surface area contributed by atoms with Crippen molar-refractivity contribution in [2.75, 3.05) is 12.0 Å². The molecule has 0 aromatic heterocycles. The quantitative estimate of drug-likeness (QED) is 0.648. The Labute approximate surface area is 64.3 Å². The van der Waals surface area contributed by atoms with Gasteiger partial charge in [-0.1, -0.05) is 15.9 Å². The molecule has 0 bridgehead atoms. The zero-order valence-corrected chi connectivity index (χ0v) is 7.11. The molecule has 0 saturated carbocycles. The van der Waals surface area contributed by atoms with Gasteiger partial charge in [-0.25, -0.2) is 0 Å². The monoisotopic (exact) mass is 222 g/mol. The third kappa shape index (κ3) is 4.08. The first-order chi connectivity index (χ1) is 3.98. The second-order valence-electron chi connectivity index (χ2n) is 1.46. The van der Waals surface area contributed by atoms with Crippen LogP contribution in [0, 0.1) is 0 Å². The maximum Gasteiger partial charge on any atom is 0.402 e. The molecule has 0 radical (unpaired) electrons.